The molecule has 1 heterocycles. The molecular formula is C18H26NO2. The van der Waals surface area contributed by atoms with Crippen LogP contribution in [0.1, 0.15) is 50.9 Å². The maximum Gasteiger partial charge on any atom is 0.338 e. The van der Waals surface area contributed by atoms with Crippen LogP contribution >= 0.6 is 0 Å². The van der Waals surface area contributed by atoms with Crippen LogP contribution in [0, 0.1) is 6.42 Å². The second-order valence-corrected chi connectivity index (χ2v) is 6.98. The summed E-state index contributed by atoms with van der Waals surface area (Å²) >= 11 is 0. The van der Waals surface area contributed by atoms with Crippen molar-refractivity contribution in [1.82, 2.24) is 4.90 Å². The van der Waals surface area contributed by atoms with E-state index in [9.17, 15) is 4.79 Å². The van der Waals surface area contributed by atoms with Gasteiger partial charge < -0.3 is 4.74 Å². The van der Waals surface area contributed by atoms with Gasteiger partial charge in [0.05, 0.1) is 5.56 Å². The zero-order chi connectivity index (χ0) is 15.5. The summed E-state index contributed by atoms with van der Waals surface area (Å²) in [5.74, 6) is -0.241. The Morgan fingerprint density at radius 1 is 1.10 bits per heavy atom. The van der Waals surface area contributed by atoms with Crippen molar-refractivity contribution in [3.63, 3.8) is 0 Å². The van der Waals surface area contributed by atoms with Crippen molar-refractivity contribution in [3.8, 4) is 0 Å². The van der Waals surface area contributed by atoms with Crippen molar-refractivity contribution in [3.05, 3.63) is 42.3 Å². The second kappa shape index (κ2) is 6.18. The van der Waals surface area contributed by atoms with Crippen LogP contribution in [0.2, 0.25) is 0 Å². The maximum atomic E-state index is 12.0. The standard InChI is InChI=1S/C18H26NO2/c1-17(2)11-8-12-18(3,4)19(17)13-14-21-16(20)15-9-6-5-7-10-15/h5-10H,11-14H2,1-4H3. The lowest BCUT2D eigenvalue weighted by molar-refractivity contribution is -0.0250. The zero-order valence-corrected chi connectivity index (χ0v) is 13.6. The fourth-order valence-corrected chi connectivity index (χ4v) is 3.31. The summed E-state index contributed by atoms with van der Waals surface area (Å²) in [5.41, 5.74) is 0.838. The third-order valence-corrected chi connectivity index (χ3v) is 4.31. The molecule has 0 atom stereocenters. The number of carbonyl (C=O) groups is 1. The molecule has 0 N–H and O–H groups in total. The van der Waals surface area contributed by atoms with E-state index in [0.717, 1.165) is 19.4 Å². The summed E-state index contributed by atoms with van der Waals surface area (Å²) in [4.78, 5) is 14.4. The summed E-state index contributed by atoms with van der Waals surface area (Å²) in [6, 6.07) is 9.16. The van der Waals surface area contributed by atoms with Gasteiger partial charge in [0.25, 0.3) is 0 Å². The Morgan fingerprint density at radius 3 is 2.24 bits per heavy atom. The van der Waals surface area contributed by atoms with Crippen LogP contribution < -0.4 is 0 Å². The van der Waals surface area contributed by atoms with Crippen molar-refractivity contribution in [2.24, 2.45) is 0 Å². The Bertz CT molecular complexity index is 463. The molecule has 1 fully saturated rings. The number of hydrogen-bond donors (Lipinski definition) is 0. The molecule has 2 rings (SSSR count). The molecule has 0 unspecified atom stereocenters. The van der Waals surface area contributed by atoms with Gasteiger partial charge in [0.2, 0.25) is 0 Å². The lowest BCUT2D eigenvalue weighted by Gasteiger charge is -2.52. The maximum absolute atomic E-state index is 12.0. The van der Waals surface area contributed by atoms with Gasteiger partial charge in [-0.25, -0.2) is 4.79 Å². The van der Waals surface area contributed by atoms with Gasteiger partial charge in [0.15, 0.2) is 0 Å². The lowest BCUT2D eigenvalue weighted by Crippen LogP contribution is -2.59. The topological polar surface area (TPSA) is 29.5 Å². The van der Waals surface area contributed by atoms with Crippen LogP contribution in [0.25, 0.3) is 0 Å². The van der Waals surface area contributed by atoms with E-state index < -0.39 is 0 Å². The van der Waals surface area contributed by atoms with Crippen molar-refractivity contribution < 1.29 is 9.53 Å². The van der Waals surface area contributed by atoms with Crippen LogP contribution in [0.3, 0.4) is 0 Å². The highest BCUT2D eigenvalue weighted by atomic mass is 16.5. The zero-order valence-electron chi connectivity index (χ0n) is 13.6. The molecule has 21 heavy (non-hydrogen) atoms. The molecule has 1 aliphatic heterocycles. The average molecular weight is 288 g/mol. The van der Waals surface area contributed by atoms with Gasteiger partial charge in [-0.1, -0.05) is 18.2 Å². The average Bonchev–Trinajstić information content (AvgIpc) is 2.42. The minimum Gasteiger partial charge on any atom is -0.461 e. The summed E-state index contributed by atoms with van der Waals surface area (Å²) in [7, 11) is 0. The highest BCUT2D eigenvalue weighted by Gasteiger charge is 2.40. The number of esters is 1. The molecule has 0 aliphatic carbocycles. The molecule has 1 aromatic rings. The highest BCUT2D eigenvalue weighted by Crippen LogP contribution is 2.37. The fraction of sp³-hybridized carbons (Fsp3) is 0.556. The summed E-state index contributed by atoms with van der Waals surface area (Å²) < 4.78 is 5.43. The van der Waals surface area contributed by atoms with E-state index in [1.54, 1.807) is 12.1 Å². The van der Waals surface area contributed by atoms with Crippen LogP contribution in [0.15, 0.2) is 30.3 Å². The largest absolute Gasteiger partial charge is 0.461 e. The van der Waals surface area contributed by atoms with Crippen molar-refractivity contribution >= 4 is 5.97 Å². The summed E-state index contributed by atoms with van der Waals surface area (Å²) in [5, 5.41) is 0. The van der Waals surface area contributed by atoms with Gasteiger partial charge in [-0.3, -0.25) is 4.90 Å². The quantitative estimate of drug-likeness (QED) is 0.791. The van der Waals surface area contributed by atoms with E-state index in [1.165, 1.54) is 0 Å². The fourth-order valence-electron chi connectivity index (χ4n) is 3.31. The molecule has 3 nitrogen and oxygen atoms in total. The number of rotatable bonds is 4. The summed E-state index contributed by atoms with van der Waals surface area (Å²) in [6.45, 7) is 10.2. The molecule has 0 bridgehead atoms. The minimum absolute atomic E-state index is 0.112. The number of likely N-dealkylation sites (tertiary alicyclic amines) is 1. The van der Waals surface area contributed by atoms with E-state index in [2.05, 4.69) is 39.0 Å². The van der Waals surface area contributed by atoms with Gasteiger partial charge in [-0.15, -0.1) is 0 Å². The Hall–Kier alpha value is -1.35. The first-order valence-electron chi connectivity index (χ1n) is 7.64. The van der Waals surface area contributed by atoms with Crippen LogP contribution in [-0.4, -0.2) is 35.1 Å². The van der Waals surface area contributed by atoms with Crippen molar-refractivity contribution in [1.29, 1.82) is 0 Å². The van der Waals surface area contributed by atoms with Gasteiger partial charge in [0.1, 0.15) is 6.61 Å². The van der Waals surface area contributed by atoms with Crippen LogP contribution in [-0.2, 0) is 4.74 Å². The number of ether oxygens (including phenoxy) is 1. The molecule has 1 aromatic carbocycles. The Labute approximate surface area is 128 Å². The molecular weight excluding hydrogens is 262 g/mol. The number of nitrogens with zero attached hydrogens (tertiary/aromatic N) is 1. The van der Waals surface area contributed by atoms with Gasteiger partial charge >= 0.3 is 5.97 Å². The molecule has 0 saturated carbocycles. The number of hydrogen-bond acceptors (Lipinski definition) is 3. The summed E-state index contributed by atoms with van der Waals surface area (Å²) in [6.07, 6.45) is 4.51. The van der Waals surface area contributed by atoms with E-state index in [-0.39, 0.29) is 17.0 Å². The van der Waals surface area contributed by atoms with Gasteiger partial charge in [0, 0.05) is 17.6 Å². The number of carbonyl (C=O) groups excluding carboxylic acids is 1. The Morgan fingerprint density at radius 2 is 1.67 bits per heavy atom. The first-order chi connectivity index (χ1) is 9.83. The second-order valence-electron chi connectivity index (χ2n) is 6.98. The first kappa shape index (κ1) is 16.0. The SMILES string of the molecule is CC1(C)C[CH]CC(C)(C)N1CCOC(=O)c1ccccc1. The Balaban J connectivity index is 1.91. The normalized spacial score (nSPS) is 21.0. The molecule has 0 spiro atoms. The predicted molar refractivity (Wildman–Crippen MR) is 85.1 cm³/mol. The van der Waals surface area contributed by atoms with Gasteiger partial charge in [-0.05, 0) is 59.1 Å². The molecule has 0 amide bonds. The monoisotopic (exact) mass is 288 g/mol. The van der Waals surface area contributed by atoms with E-state index in [0.29, 0.717) is 12.2 Å². The molecule has 1 radical (unpaired) electrons. The molecule has 115 valence electrons. The molecule has 1 saturated heterocycles. The molecule has 0 aromatic heterocycles. The van der Waals surface area contributed by atoms with E-state index in [1.807, 2.05) is 18.2 Å². The molecule has 3 heteroatoms. The number of piperidine rings is 1. The van der Waals surface area contributed by atoms with E-state index >= 15 is 0 Å². The Kier molecular flexibility index (Phi) is 4.72. The predicted octanol–water partition coefficient (Wildman–Crippen LogP) is 3.70. The van der Waals surface area contributed by atoms with Crippen molar-refractivity contribution in [2.45, 2.75) is 51.6 Å². The first-order valence-corrected chi connectivity index (χ1v) is 7.64. The molecule has 1 aliphatic rings. The van der Waals surface area contributed by atoms with E-state index in [4.69, 9.17) is 4.74 Å². The van der Waals surface area contributed by atoms with Gasteiger partial charge in [-0.2, -0.15) is 0 Å². The minimum atomic E-state index is -0.241. The smallest absolute Gasteiger partial charge is 0.338 e. The highest BCUT2D eigenvalue weighted by molar-refractivity contribution is 5.89. The van der Waals surface area contributed by atoms with Crippen LogP contribution in [0.5, 0.6) is 0 Å². The van der Waals surface area contributed by atoms with Crippen molar-refractivity contribution in [2.75, 3.05) is 13.2 Å². The van der Waals surface area contributed by atoms with Crippen LogP contribution in [0.4, 0.5) is 0 Å². The lowest BCUT2D eigenvalue weighted by atomic mass is 9.80. The third kappa shape index (κ3) is 3.85. The number of benzene rings is 1. The third-order valence-electron chi connectivity index (χ3n) is 4.31.